The standard InChI is InChI=1S/C11H5F9O/c12-9(13,14)6-2-1-5(3-8(21)11(18,19)20)7(4-6)10(15,16)17/h1-2,4H,3H2. The maximum Gasteiger partial charge on any atom is 0.450 e. The molecule has 1 rings (SSSR count). The van der Waals surface area contributed by atoms with E-state index < -0.39 is 47.4 Å². The van der Waals surface area contributed by atoms with Gasteiger partial charge in [0.2, 0.25) is 5.78 Å². The van der Waals surface area contributed by atoms with Crippen LogP contribution in [0.15, 0.2) is 18.2 Å². The summed E-state index contributed by atoms with van der Waals surface area (Å²) < 4.78 is 111. The van der Waals surface area contributed by atoms with Gasteiger partial charge in [-0.05, 0) is 17.7 Å². The second-order valence-electron chi connectivity index (χ2n) is 3.97. The molecule has 118 valence electrons. The van der Waals surface area contributed by atoms with E-state index in [-0.39, 0.29) is 18.2 Å². The summed E-state index contributed by atoms with van der Waals surface area (Å²) in [6.45, 7) is 0. The van der Waals surface area contributed by atoms with Gasteiger partial charge < -0.3 is 0 Å². The summed E-state index contributed by atoms with van der Waals surface area (Å²) in [6.07, 6.45) is -17.5. The number of hydrogen-bond donors (Lipinski definition) is 0. The second-order valence-corrected chi connectivity index (χ2v) is 3.97. The third-order valence-electron chi connectivity index (χ3n) is 2.41. The van der Waals surface area contributed by atoms with Crippen LogP contribution >= 0.6 is 0 Å². The fourth-order valence-electron chi connectivity index (χ4n) is 1.44. The van der Waals surface area contributed by atoms with Gasteiger partial charge in [0.05, 0.1) is 11.1 Å². The van der Waals surface area contributed by atoms with Gasteiger partial charge in [0, 0.05) is 6.42 Å². The first-order chi connectivity index (χ1) is 9.23. The number of rotatable bonds is 2. The van der Waals surface area contributed by atoms with Gasteiger partial charge in [-0.3, -0.25) is 4.79 Å². The van der Waals surface area contributed by atoms with Crippen molar-refractivity contribution in [3.8, 4) is 0 Å². The molecule has 1 nitrogen and oxygen atoms in total. The summed E-state index contributed by atoms with van der Waals surface area (Å²) in [5.74, 6) is -2.48. The minimum atomic E-state index is -5.37. The molecule has 0 aliphatic rings. The Kier molecular flexibility index (Phi) is 4.31. The molecule has 1 aromatic rings. The van der Waals surface area contributed by atoms with E-state index in [0.29, 0.717) is 0 Å². The van der Waals surface area contributed by atoms with Gasteiger partial charge in [0.25, 0.3) is 0 Å². The first kappa shape index (κ1) is 17.3. The van der Waals surface area contributed by atoms with Crippen LogP contribution in [0.4, 0.5) is 39.5 Å². The van der Waals surface area contributed by atoms with E-state index in [2.05, 4.69) is 0 Å². The Morgan fingerprint density at radius 2 is 1.38 bits per heavy atom. The van der Waals surface area contributed by atoms with Crippen molar-refractivity contribution in [1.82, 2.24) is 0 Å². The van der Waals surface area contributed by atoms with Crippen molar-refractivity contribution in [2.45, 2.75) is 24.9 Å². The highest BCUT2D eigenvalue weighted by atomic mass is 19.4. The summed E-state index contributed by atoms with van der Waals surface area (Å²) in [5.41, 5.74) is -4.76. The number of benzene rings is 1. The van der Waals surface area contributed by atoms with Crippen LogP contribution in [0.1, 0.15) is 16.7 Å². The van der Waals surface area contributed by atoms with Crippen molar-refractivity contribution in [2.75, 3.05) is 0 Å². The van der Waals surface area contributed by atoms with Gasteiger partial charge in [-0.15, -0.1) is 0 Å². The number of carbonyl (C=O) groups excluding carboxylic acids is 1. The molecule has 0 saturated heterocycles. The number of carbonyl (C=O) groups is 1. The van der Waals surface area contributed by atoms with Crippen LogP contribution in [0.2, 0.25) is 0 Å². The van der Waals surface area contributed by atoms with Crippen molar-refractivity contribution in [1.29, 1.82) is 0 Å². The van der Waals surface area contributed by atoms with E-state index >= 15 is 0 Å². The Morgan fingerprint density at radius 1 is 0.857 bits per heavy atom. The van der Waals surface area contributed by atoms with Gasteiger partial charge in [-0.2, -0.15) is 39.5 Å². The lowest BCUT2D eigenvalue weighted by molar-refractivity contribution is -0.170. The second kappa shape index (κ2) is 5.23. The minimum absolute atomic E-state index is 0.189. The zero-order chi connectivity index (χ0) is 16.6. The van der Waals surface area contributed by atoms with Crippen molar-refractivity contribution >= 4 is 5.78 Å². The average molecular weight is 324 g/mol. The fraction of sp³-hybridized carbons (Fsp3) is 0.364. The highest BCUT2D eigenvalue weighted by Crippen LogP contribution is 2.38. The third-order valence-corrected chi connectivity index (χ3v) is 2.41. The number of ketones is 1. The number of alkyl halides is 9. The van der Waals surface area contributed by atoms with E-state index in [9.17, 15) is 44.3 Å². The highest BCUT2D eigenvalue weighted by molar-refractivity contribution is 5.86. The minimum Gasteiger partial charge on any atom is -0.289 e. The molecule has 0 atom stereocenters. The molecule has 21 heavy (non-hydrogen) atoms. The Labute approximate surface area is 111 Å². The molecule has 0 spiro atoms. The number of Topliss-reactive ketones (excluding diaryl/α,β-unsaturated/α-hetero) is 1. The van der Waals surface area contributed by atoms with Gasteiger partial charge in [0.1, 0.15) is 0 Å². The molecule has 0 saturated carbocycles. The Hall–Kier alpha value is -1.74. The third kappa shape index (κ3) is 4.36. The van der Waals surface area contributed by atoms with E-state index in [1.807, 2.05) is 0 Å². The molecule has 0 bridgehead atoms. The van der Waals surface area contributed by atoms with Crippen molar-refractivity contribution in [3.63, 3.8) is 0 Å². The van der Waals surface area contributed by atoms with Crippen LogP contribution in [0.3, 0.4) is 0 Å². The first-order valence-corrected chi connectivity index (χ1v) is 5.10. The normalized spacial score (nSPS) is 13.4. The molecule has 0 radical (unpaired) electrons. The molecule has 0 heterocycles. The maximum atomic E-state index is 12.6. The van der Waals surface area contributed by atoms with Crippen molar-refractivity contribution in [2.24, 2.45) is 0 Å². The molecule has 0 aliphatic carbocycles. The lowest BCUT2D eigenvalue weighted by Crippen LogP contribution is -2.26. The molecule has 0 aliphatic heterocycles. The van der Waals surface area contributed by atoms with Gasteiger partial charge in [-0.1, -0.05) is 6.07 Å². The van der Waals surface area contributed by atoms with Crippen molar-refractivity contribution < 1.29 is 44.3 Å². The smallest absolute Gasteiger partial charge is 0.289 e. The molecule has 0 fully saturated rings. The first-order valence-electron chi connectivity index (χ1n) is 5.10. The molecule has 0 N–H and O–H groups in total. The van der Waals surface area contributed by atoms with E-state index in [4.69, 9.17) is 0 Å². The highest BCUT2D eigenvalue weighted by Gasteiger charge is 2.42. The fourth-order valence-corrected chi connectivity index (χ4v) is 1.44. The van der Waals surface area contributed by atoms with Crippen LogP contribution < -0.4 is 0 Å². The summed E-state index contributed by atoms with van der Waals surface area (Å²) in [4.78, 5) is 10.7. The zero-order valence-electron chi connectivity index (χ0n) is 9.75. The molecular formula is C11H5F9O. The van der Waals surface area contributed by atoms with Gasteiger partial charge in [0.15, 0.2) is 0 Å². The predicted molar refractivity (Wildman–Crippen MR) is 51.2 cm³/mol. The molecular weight excluding hydrogens is 319 g/mol. The lowest BCUT2D eigenvalue weighted by atomic mass is 9.98. The van der Waals surface area contributed by atoms with E-state index in [1.54, 1.807) is 0 Å². The predicted octanol–water partition coefficient (Wildman–Crippen LogP) is 4.40. The molecule has 1 aromatic carbocycles. The van der Waals surface area contributed by atoms with E-state index in [0.717, 1.165) is 0 Å². The van der Waals surface area contributed by atoms with Crippen molar-refractivity contribution in [3.05, 3.63) is 34.9 Å². The largest absolute Gasteiger partial charge is 0.450 e. The molecule has 0 unspecified atom stereocenters. The SMILES string of the molecule is O=C(Cc1ccc(C(F)(F)F)cc1C(F)(F)F)C(F)(F)F. The Morgan fingerprint density at radius 3 is 1.76 bits per heavy atom. The Balaban J connectivity index is 3.31. The van der Waals surface area contributed by atoms with E-state index in [1.165, 1.54) is 0 Å². The number of hydrogen-bond acceptors (Lipinski definition) is 1. The topological polar surface area (TPSA) is 17.1 Å². The summed E-state index contributed by atoms with van der Waals surface area (Å²) in [5, 5.41) is 0. The van der Waals surface area contributed by atoms with Crippen LogP contribution in [0.25, 0.3) is 0 Å². The quantitative estimate of drug-likeness (QED) is 0.737. The Bertz CT molecular complexity index is 536. The van der Waals surface area contributed by atoms with Crippen LogP contribution in [0.5, 0.6) is 0 Å². The lowest BCUT2D eigenvalue weighted by Gasteiger charge is -2.16. The molecule has 10 heteroatoms. The summed E-state index contributed by atoms with van der Waals surface area (Å²) >= 11 is 0. The maximum absolute atomic E-state index is 12.6. The molecule has 0 aromatic heterocycles. The monoisotopic (exact) mass is 324 g/mol. The molecule has 0 amide bonds. The summed E-state index contributed by atoms with van der Waals surface area (Å²) in [7, 11) is 0. The number of halogens is 9. The van der Waals surface area contributed by atoms with Gasteiger partial charge >= 0.3 is 18.5 Å². The summed E-state index contributed by atoms with van der Waals surface area (Å²) in [6, 6.07) is 0.0858. The van der Waals surface area contributed by atoms with Gasteiger partial charge in [-0.25, -0.2) is 0 Å². The van der Waals surface area contributed by atoms with Crippen LogP contribution in [-0.2, 0) is 23.6 Å². The average Bonchev–Trinajstić information content (AvgIpc) is 2.25. The zero-order valence-corrected chi connectivity index (χ0v) is 9.75. The van der Waals surface area contributed by atoms with Crippen LogP contribution in [0, 0.1) is 0 Å². The van der Waals surface area contributed by atoms with Crippen LogP contribution in [-0.4, -0.2) is 12.0 Å².